The number of aromatic amines is 1. The Kier molecular flexibility index (Phi) is 3.69. The van der Waals surface area contributed by atoms with Gasteiger partial charge in [0, 0.05) is 18.7 Å². The van der Waals surface area contributed by atoms with Gasteiger partial charge in [-0.1, -0.05) is 18.2 Å². The molecule has 3 rings (SSSR count). The highest BCUT2D eigenvalue weighted by Gasteiger charge is 2.31. The maximum atomic E-state index is 12.9. The predicted molar refractivity (Wildman–Crippen MR) is 80.6 cm³/mol. The van der Waals surface area contributed by atoms with Gasteiger partial charge >= 0.3 is 0 Å². The molecule has 0 spiro atoms. The Bertz CT molecular complexity index is 739. The summed E-state index contributed by atoms with van der Waals surface area (Å²) in [5.41, 5.74) is 2.50. The van der Waals surface area contributed by atoms with E-state index in [0.29, 0.717) is 18.7 Å². The van der Waals surface area contributed by atoms with E-state index in [1.54, 1.807) is 13.2 Å². The normalized spacial score (nSPS) is 15.0. The summed E-state index contributed by atoms with van der Waals surface area (Å²) in [6, 6.07) is 7.66. The van der Waals surface area contributed by atoms with Crippen LogP contribution >= 0.6 is 0 Å². The molecule has 0 unspecified atom stereocenters. The number of rotatable bonds is 4. The molecule has 0 saturated carbocycles. The number of sulfonamides is 1. The van der Waals surface area contributed by atoms with Gasteiger partial charge in [0.25, 0.3) is 10.0 Å². The van der Waals surface area contributed by atoms with Crippen molar-refractivity contribution in [1.29, 1.82) is 0 Å². The molecule has 0 radical (unpaired) electrons. The van der Waals surface area contributed by atoms with Crippen LogP contribution in [0, 0.1) is 0 Å². The molecule has 1 aromatic carbocycles. The Labute approximate surface area is 124 Å². The Morgan fingerprint density at radius 1 is 1.38 bits per heavy atom. The molecule has 7 heteroatoms. The number of para-hydroxylation sites is 1. The number of fused-ring (bicyclic) bond motifs is 1. The molecular formula is C14H18N4O2S. The van der Waals surface area contributed by atoms with Crippen LogP contribution in [0.4, 0.5) is 5.69 Å². The molecular weight excluding hydrogens is 288 g/mol. The fraction of sp³-hybridized carbons (Fsp3) is 0.357. The minimum absolute atomic E-state index is 0.175. The van der Waals surface area contributed by atoms with Crippen LogP contribution in [0.3, 0.4) is 0 Å². The van der Waals surface area contributed by atoms with Crippen molar-refractivity contribution in [3.8, 4) is 0 Å². The van der Waals surface area contributed by atoms with Crippen molar-refractivity contribution in [3.05, 3.63) is 41.6 Å². The zero-order valence-corrected chi connectivity index (χ0v) is 12.7. The second-order valence-electron chi connectivity index (χ2n) is 5.06. The first-order chi connectivity index (χ1) is 10.1. The van der Waals surface area contributed by atoms with Gasteiger partial charge in [-0.25, -0.2) is 0 Å². The average Bonchev–Trinajstić information content (AvgIpc) is 2.96. The monoisotopic (exact) mass is 306 g/mol. The van der Waals surface area contributed by atoms with Gasteiger partial charge in [-0.3, -0.25) is 9.40 Å². The zero-order valence-electron chi connectivity index (χ0n) is 11.8. The van der Waals surface area contributed by atoms with E-state index in [0.717, 1.165) is 24.1 Å². The third-order valence-electron chi connectivity index (χ3n) is 3.66. The SMILES string of the molecule is CNCc1cn[nH]c1S(=O)(=O)N1CCCc2ccccc21. The minimum atomic E-state index is -3.61. The van der Waals surface area contributed by atoms with Crippen molar-refractivity contribution < 1.29 is 8.42 Å². The van der Waals surface area contributed by atoms with Crippen molar-refractivity contribution in [2.24, 2.45) is 0 Å². The largest absolute Gasteiger partial charge is 0.316 e. The first-order valence-corrected chi connectivity index (χ1v) is 8.36. The van der Waals surface area contributed by atoms with Gasteiger partial charge < -0.3 is 5.32 Å². The number of benzene rings is 1. The summed E-state index contributed by atoms with van der Waals surface area (Å²) in [6.07, 6.45) is 3.29. The van der Waals surface area contributed by atoms with Gasteiger partial charge in [0.05, 0.1) is 11.9 Å². The molecule has 2 aromatic rings. The highest BCUT2D eigenvalue weighted by Crippen LogP contribution is 2.31. The molecule has 0 amide bonds. The summed E-state index contributed by atoms with van der Waals surface area (Å²) in [4.78, 5) is 0. The topological polar surface area (TPSA) is 78.1 Å². The molecule has 6 nitrogen and oxygen atoms in total. The number of nitrogens with zero attached hydrogens (tertiary/aromatic N) is 2. The van der Waals surface area contributed by atoms with Crippen molar-refractivity contribution in [1.82, 2.24) is 15.5 Å². The molecule has 1 aliphatic rings. The molecule has 2 heterocycles. The van der Waals surface area contributed by atoms with Crippen LogP contribution in [0.2, 0.25) is 0 Å². The quantitative estimate of drug-likeness (QED) is 0.892. The summed E-state index contributed by atoms with van der Waals surface area (Å²) in [5.74, 6) is 0. The predicted octanol–water partition coefficient (Wildman–Crippen LogP) is 1.27. The molecule has 2 N–H and O–H groups in total. The summed E-state index contributed by atoms with van der Waals surface area (Å²) >= 11 is 0. The average molecular weight is 306 g/mol. The summed E-state index contributed by atoms with van der Waals surface area (Å²) in [5, 5.41) is 9.66. The van der Waals surface area contributed by atoms with Crippen LogP contribution in [0.5, 0.6) is 0 Å². The number of aromatic nitrogens is 2. The summed E-state index contributed by atoms with van der Waals surface area (Å²) in [7, 11) is -1.83. The fourth-order valence-corrected chi connectivity index (χ4v) is 4.35. The second-order valence-corrected chi connectivity index (χ2v) is 6.86. The lowest BCUT2D eigenvalue weighted by Crippen LogP contribution is -2.36. The first-order valence-electron chi connectivity index (χ1n) is 6.92. The van der Waals surface area contributed by atoms with Crippen LogP contribution in [-0.2, 0) is 23.0 Å². The Hall–Kier alpha value is -1.86. The van der Waals surface area contributed by atoms with E-state index >= 15 is 0 Å². The summed E-state index contributed by atoms with van der Waals surface area (Å²) < 4.78 is 27.4. The molecule has 0 aliphatic carbocycles. The van der Waals surface area contributed by atoms with Crippen LogP contribution < -0.4 is 9.62 Å². The van der Waals surface area contributed by atoms with E-state index in [2.05, 4.69) is 15.5 Å². The molecule has 1 aliphatic heterocycles. The number of anilines is 1. The van der Waals surface area contributed by atoms with Gasteiger partial charge in [-0.05, 0) is 31.5 Å². The highest BCUT2D eigenvalue weighted by molar-refractivity contribution is 7.92. The van der Waals surface area contributed by atoms with Gasteiger partial charge in [-0.2, -0.15) is 13.5 Å². The lowest BCUT2D eigenvalue weighted by molar-refractivity contribution is 0.580. The van der Waals surface area contributed by atoms with Crippen LogP contribution in [0.15, 0.2) is 35.5 Å². The Balaban J connectivity index is 2.05. The first kappa shape index (κ1) is 14.1. The lowest BCUT2D eigenvalue weighted by atomic mass is 10.0. The highest BCUT2D eigenvalue weighted by atomic mass is 32.2. The Morgan fingerprint density at radius 2 is 2.19 bits per heavy atom. The van der Waals surface area contributed by atoms with Crippen molar-refractivity contribution in [2.45, 2.75) is 24.4 Å². The molecule has 0 fully saturated rings. The molecule has 1 aromatic heterocycles. The Morgan fingerprint density at radius 3 is 3.00 bits per heavy atom. The van der Waals surface area contributed by atoms with Gasteiger partial charge in [-0.15, -0.1) is 0 Å². The standard InChI is InChI=1S/C14H18N4O2S/c1-15-9-12-10-16-17-14(12)21(19,20)18-8-4-6-11-5-2-3-7-13(11)18/h2-3,5,7,10,15H,4,6,8-9H2,1H3,(H,16,17). The third-order valence-corrected chi connectivity index (χ3v) is 5.49. The number of hydrogen-bond donors (Lipinski definition) is 2. The van der Waals surface area contributed by atoms with Gasteiger partial charge in [0.2, 0.25) is 0 Å². The summed E-state index contributed by atoms with van der Waals surface area (Å²) in [6.45, 7) is 0.956. The van der Waals surface area contributed by atoms with Gasteiger partial charge in [0.15, 0.2) is 5.03 Å². The second kappa shape index (κ2) is 5.50. The number of H-pyrrole nitrogens is 1. The van der Waals surface area contributed by atoms with Crippen LogP contribution in [-0.4, -0.2) is 32.2 Å². The van der Waals surface area contributed by atoms with E-state index < -0.39 is 10.0 Å². The fourth-order valence-electron chi connectivity index (χ4n) is 2.70. The maximum Gasteiger partial charge on any atom is 0.281 e. The van der Waals surface area contributed by atoms with E-state index in [-0.39, 0.29) is 5.03 Å². The zero-order chi connectivity index (χ0) is 14.9. The van der Waals surface area contributed by atoms with Gasteiger partial charge in [0.1, 0.15) is 0 Å². The van der Waals surface area contributed by atoms with Crippen LogP contribution in [0.25, 0.3) is 0 Å². The van der Waals surface area contributed by atoms with Crippen molar-refractivity contribution >= 4 is 15.7 Å². The lowest BCUT2D eigenvalue weighted by Gasteiger charge is -2.30. The van der Waals surface area contributed by atoms with Crippen molar-refractivity contribution in [2.75, 3.05) is 17.9 Å². The third kappa shape index (κ3) is 2.43. The van der Waals surface area contributed by atoms with E-state index in [1.807, 2.05) is 24.3 Å². The van der Waals surface area contributed by atoms with E-state index in [9.17, 15) is 8.42 Å². The molecule has 0 saturated heterocycles. The molecule has 0 atom stereocenters. The molecule has 0 bridgehead atoms. The number of aryl methyl sites for hydroxylation is 1. The van der Waals surface area contributed by atoms with E-state index in [4.69, 9.17) is 0 Å². The van der Waals surface area contributed by atoms with E-state index in [1.165, 1.54) is 4.31 Å². The minimum Gasteiger partial charge on any atom is -0.316 e. The smallest absolute Gasteiger partial charge is 0.281 e. The maximum absolute atomic E-state index is 12.9. The molecule has 112 valence electrons. The number of nitrogens with one attached hydrogen (secondary N) is 2. The molecule has 21 heavy (non-hydrogen) atoms. The van der Waals surface area contributed by atoms with Crippen LogP contribution in [0.1, 0.15) is 17.5 Å². The van der Waals surface area contributed by atoms with Crippen molar-refractivity contribution in [3.63, 3.8) is 0 Å². The number of hydrogen-bond acceptors (Lipinski definition) is 4.